The number of rotatable bonds is 4. The van der Waals surface area contributed by atoms with E-state index in [0.29, 0.717) is 46.9 Å². The van der Waals surface area contributed by atoms with Crippen LogP contribution in [-0.2, 0) is 9.53 Å². The van der Waals surface area contributed by atoms with Crippen molar-refractivity contribution in [2.75, 3.05) is 23.1 Å². The molecule has 4 aromatic rings. The molecule has 0 saturated carbocycles. The van der Waals surface area contributed by atoms with Crippen LogP contribution in [0.15, 0.2) is 71.7 Å². The van der Waals surface area contributed by atoms with Crippen molar-refractivity contribution in [1.29, 1.82) is 0 Å². The second-order valence-corrected chi connectivity index (χ2v) is 9.58. The average Bonchev–Trinajstić information content (AvgIpc) is 3.41. The van der Waals surface area contributed by atoms with E-state index in [9.17, 15) is 18.8 Å². The van der Waals surface area contributed by atoms with Gasteiger partial charge in [-0.15, -0.1) is 5.10 Å². The minimum Gasteiger partial charge on any atom is -0.453 e. The van der Waals surface area contributed by atoms with E-state index >= 15 is 0 Å². The highest BCUT2D eigenvalue weighted by atomic mass is 35.5. The lowest BCUT2D eigenvalue weighted by Crippen LogP contribution is -2.17. The quantitative estimate of drug-likeness (QED) is 0.237. The van der Waals surface area contributed by atoms with Crippen LogP contribution in [-0.4, -0.2) is 39.1 Å². The Labute approximate surface area is 238 Å². The maximum Gasteiger partial charge on any atom is 0.411 e. The molecule has 1 aliphatic rings. The van der Waals surface area contributed by atoms with Crippen molar-refractivity contribution in [3.05, 3.63) is 93.8 Å². The number of ether oxygens (including phenoxy) is 1. The molecule has 41 heavy (non-hydrogen) atoms. The first kappa shape index (κ1) is 27.6. The second kappa shape index (κ2) is 12.0. The maximum atomic E-state index is 14.5. The molecule has 4 N–H and O–H groups in total. The van der Waals surface area contributed by atoms with Crippen LogP contribution in [0.5, 0.6) is 0 Å². The molecule has 11 nitrogen and oxygen atoms in total. The van der Waals surface area contributed by atoms with Crippen molar-refractivity contribution >= 4 is 40.8 Å². The number of fused-ring (bicyclic) bond motifs is 4. The van der Waals surface area contributed by atoms with E-state index < -0.39 is 18.0 Å². The van der Waals surface area contributed by atoms with Gasteiger partial charge >= 0.3 is 6.09 Å². The number of anilines is 3. The van der Waals surface area contributed by atoms with Gasteiger partial charge in [0.15, 0.2) is 11.6 Å². The van der Waals surface area contributed by atoms with Crippen LogP contribution in [0.3, 0.4) is 0 Å². The molecule has 0 fully saturated rings. The summed E-state index contributed by atoms with van der Waals surface area (Å²) in [6, 6.07) is 12.3. The standard InChI is InChI=1S/C28H25ClFN7O4/c1-41-28(40)31-17-10-11-18-16-12-22(34-26(39)13-16)20(7-3-2-4-9-25(38)33-21(18)14-17)32-24-15-37(36-35-24)23-8-5-6-19(29)27(23)30/h2-3,5-6,8,10-15,20,32H,4,7,9H2,1H3,(H,31,40)(H,33,38)(H,34,39)/t20-/m0/s1. The Bertz CT molecular complexity index is 1700. The number of aromatic amines is 1. The van der Waals surface area contributed by atoms with Crippen molar-refractivity contribution in [2.24, 2.45) is 0 Å². The smallest absolute Gasteiger partial charge is 0.411 e. The molecule has 210 valence electrons. The Morgan fingerprint density at radius 2 is 2.02 bits per heavy atom. The molecule has 1 atom stereocenters. The van der Waals surface area contributed by atoms with Crippen LogP contribution < -0.4 is 21.5 Å². The highest BCUT2D eigenvalue weighted by Gasteiger charge is 2.19. The number of carbonyl (C=O) groups is 2. The summed E-state index contributed by atoms with van der Waals surface area (Å²) in [4.78, 5) is 40.1. The van der Waals surface area contributed by atoms with E-state index in [1.165, 1.54) is 36.2 Å². The molecule has 2 aromatic heterocycles. The normalized spacial score (nSPS) is 15.0. The zero-order valence-corrected chi connectivity index (χ0v) is 22.5. The summed E-state index contributed by atoms with van der Waals surface area (Å²) in [6.45, 7) is 0. The summed E-state index contributed by atoms with van der Waals surface area (Å²) in [7, 11) is 1.25. The third-order valence-corrected chi connectivity index (χ3v) is 6.64. The number of pyridine rings is 1. The summed E-state index contributed by atoms with van der Waals surface area (Å²) in [5.41, 5.74) is 2.27. The van der Waals surface area contributed by atoms with Gasteiger partial charge in [0, 0.05) is 29.4 Å². The van der Waals surface area contributed by atoms with Gasteiger partial charge in [-0.05, 0) is 48.7 Å². The van der Waals surface area contributed by atoms with E-state index in [1.807, 2.05) is 12.2 Å². The predicted molar refractivity (Wildman–Crippen MR) is 153 cm³/mol. The number of benzene rings is 2. The van der Waals surface area contributed by atoms with Gasteiger partial charge in [-0.2, -0.15) is 0 Å². The molecule has 0 unspecified atom stereocenters. The molecule has 5 rings (SSSR count). The predicted octanol–water partition coefficient (Wildman–Crippen LogP) is 5.43. The highest BCUT2D eigenvalue weighted by Crippen LogP contribution is 2.33. The largest absolute Gasteiger partial charge is 0.453 e. The molecule has 2 bridgehead atoms. The molecular weight excluding hydrogens is 553 g/mol. The van der Waals surface area contributed by atoms with Crippen molar-refractivity contribution < 1.29 is 18.7 Å². The van der Waals surface area contributed by atoms with Gasteiger partial charge in [0.1, 0.15) is 5.69 Å². The Balaban J connectivity index is 1.52. The lowest BCUT2D eigenvalue weighted by atomic mass is 10.00. The van der Waals surface area contributed by atoms with Gasteiger partial charge in [0.25, 0.3) is 0 Å². The average molecular weight is 578 g/mol. The van der Waals surface area contributed by atoms with E-state index in [4.69, 9.17) is 11.6 Å². The van der Waals surface area contributed by atoms with Gasteiger partial charge in [-0.3, -0.25) is 14.9 Å². The summed E-state index contributed by atoms with van der Waals surface area (Å²) < 4.78 is 20.5. The van der Waals surface area contributed by atoms with E-state index in [0.717, 1.165) is 0 Å². The second-order valence-electron chi connectivity index (χ2n) is 9.18. The van der Waals surface area contributed by atoms with Gasteiger partial charge in [-0.1, -0.05) is 41.1 Å². The number of H-pyrrole nitrogens is 1. The third-order valence-electron chi connectivity index (χ3n) is 6.35. The van der Waals surface area contributed by atoms with Crippen LogP contribution >= 0.6 is 11.6 Å². The number of methoxy groups -OCH3 is 1. The van der Waals surface area contributed by atoms with Gasteiger partial charge in [0.05, 0.1) is 30.1 Å². The first-order valence-corrected chi connectivity index (χ1v) is 13.0. The molecule has 0 spiro atoms. The number of hydrogen-bond acceptors (Lipinski definition) is 7. The number of halogens is 2. The van der Waals surface area contributed by atoms with E-state index in [2.05, 4.69) is 36.0 Å². The minimum absolute atomic E-state index is 0.0382. The van der Waals surface area contributed by atoms with Crippen molar-refractivity contribution in [3.8, 4) is 16.8 Å². The third kappa shape index (κ3) is 6.44. The van der Waals surface area contributed by atoms with Gasteiger partial charge in [-0.25, -0.2) is 13.9 Å². The highest BCUT2D eigenvalue weighted by molar-refractivity contribution is 6.30. The van der Waals surface area contributed by atoms with E-state index in [1.54, 1.807) is 30.3 Å². The Morgan fingerprint density at radius 1 is 1.17 bits per heavy atom. The number of hydrogen-bond donors (Lipinski definition) is 4. The number of nitrogens with one attached hydrogen (secondary N) is 4. The van der Waals surface area contributed by atoms with Gasteiger partial charge in [0.2, 0.25) is 11.5 Å². The Morgan fingerprint density at radius 3 is 2.85 bits per heavy atom. The number of allylic oxidation sites excluding steroid dienone is 1. The number of nitrogens with zero attached hydrogens (tertiary/aromatic N) is 3. The SMILES string of the molecule is COC(=O)Nc1ccc2c(c1)NC(=O)CCC=CC[C@H](Nc1cn(-c3cccc(Cl)c3F)nn1)c1cc-2cc(=O)[nH]1. The van der Waals surface area contributed by atoms with Crippen LogP contribution in [0.4, 0.5) is 26.4 Å². The molecule has 3 heterocycles. The van der Waals surface area contributed by atoms with Crippen LogP contribution in [0.2, 0.25) is 5.02 Å². The zero-order valence-electron chi connectivity index (χ0n) is 21.8. The van der Waals surface area contributed by atoms with E-state index in [-0.39, 0.29) is 28.6 Å². The molecule has 2 aromatic carbocycles. The van der Waals surface area contributed by atoms with Gasteiger partial charge < -0.3 is 20.4 Å². The number of aromatic nitrogens is 4. The molecule has 0 radical (unpaired) electrons. The minimum atomic E-state index is -0.659. The van der Waals surface area contributed by atoms with Crippen molar-refractivity contribution in [3.63, 3.8) is 0 Å². The lowest BCUT2D eigenvalue weighted by Gasteiger charge is -2.18. The molecule has 2 amide bonds. The van der Waals surface area contributed by atoms with Crippen LogP contribution in [0.1, 0.15) is 31.0 Å². The molecular formula is C28H25ClFN7O4. The molecule has 1 aliphatic heterocycles. The van der Waals surface area contributed by atoms with Crippen molar-refractivity contribution in [2.45, 2.75) is 25.3 Å². The first-order chi connectivity index (χ1) is 19.8. The maximum absolute atomic E-state index is 14.5. The molecule has 13 heteroatoms. The fraction of sp³-hybridized carbons (Fsp3) is 0.179. The summed E-state index contributed by atoms with van der Waals surface area (Å²) in [6.07, 6.45) is 5.78. The van der Waals surface area contributed by atoms with Crippen LogP contribution in [0.25, 0.3) is 16.8 Å². The molecule has 0 aliphatic carbocycles. The Kier molecular flexibility index (Phi) is 8.11. The monoisotopic (exact) mass is 577 g/mol. The Hall–Kier alpha value is -4.97. The molecule has 0 saturated heterocycles. The topological polar surface area (TPSA) is 143 Å². The fourth-order valence-corrected chi connectivity index (χ4v) is 4.56. The number of carbonyl (C=O) groups excluding carboxylic acids is 2. The van der Waals surface area contributed by atoms with Crippen molar-refractivity contribution in [1.82, 2.24) is 20.0 Å². The number of amides is 2. The summed E-state index contributed by atoms with van der Waals surface area (Å²) in [5, 5.41) is 16.8. The lowest BCUT2D eigenvalue weighted by molar-refractivity contribution is -0.116. The fourth-order valence-electron chi connectivity index (χ4n) is 4.39. The summed E-state index contributed by atoms with van der Waals surface area (Å²) in [5.74, 6) is -0.511. The van der Waals surface area contributed by atoms with Crippen LogP contribution in [0, 0.1) is 5.82 Å². The first-order valence-electron chi connectivity index (χ1n) is 12.6. The zero-order chi connectivity index (χ0) is 28.9. The summed E-state index contributed by atoms with van der Waals surface area (Å²) >= 11 is 5.92.